The van der Waals surface area contributed by atoms with Crippen LogP contribution in [0.25, 0.3) is 0 Å². The van der Waals surface area contributed by atoms with Crippen molar-refractivity contribution in [2.75, 3.05) is 18.9 Å². The summed E-state index contributed by atoms with van der Waals surface area (Å²) in [7, 11) is -0.629. The molecule has 0 bridgehead atoms. The van der Waals surface area contributed by atoms with Gasteiger partial charge in [-0.15, -0.1) is 0 Å². The lowest BCUT2D eigenvalue weighted by atomic mass is 10.1. The summed E-state index contributed by atoms with van der Waals surface area (Å²) in [6.45, 7) is 2.09. The van der Waals surface area contributed by atoms with Gasteiger partial charge >= 0.3 is 0 Å². The standard InChI is InChI=1S/C17H21NO4S/c1-4-5-13-6-8-17(9-7-13)23(19,20)18-14-10-15(21-2)12-16(11-14)22-3/h6-12,18H,4-5H2,1-3H3. The third-order valence-electron chi connectivity index (χ3n) is 3.38. The normalized spacial score (nSPS) is 11.1. The highest BCUT2D eigenvalue weighted by atomic mass is 32.2. The molecule has 2 aromatic carbocycles. The molecule has 2 rings (SSSR count). The van der Waals surface area contributed by atoms with Gasteiger partial charge in [0.1, 0.15) is 11.5 Å². The van der Waals surface area contributed by atoms with Gasteiger partial charge in [0, 0.05) is 18.2 Å². The zero-order chi connectivity index (χ0) is 16.9. The molecule has 0 aliphatic rings. The Kier molecular flexibility index (Phi) is 5.50. The number of hydrogen-bond acceptors (Lipinski definition) is 4. The van der Waals surface area contributed by atoms with Crippen molar-refractivity contribution in [2.45, 2.75) is 24.7 Å². The molecule has 5 nitrogen and oxygen atoms in total. The molecule has 23 heavy (non-hydrogen) atoms. The van der Waals surface area contributed by atoms with Crippen LogP contribution in [0.1, 0.15) is 18.9 Å². The highest BCUT2D eigenvalue weighted by molar-refractivity contribution is 7.92. The van der Waals surface area contributed by atoms with Gasteiger partial charge in [-0.1, -0.05) is 25.5 Å². The van der Waals surface area contributed by atoms with Crippen molar-refractivity contribution in [2.24, 2.45) is 0 Å². The summed E-state index contributed by atoms with van der Waals surface area (Å²) in [4.78, 5) is 0.221. The quantitative estimate of drug-likeness (QED) is 0.841. The van der Waals surface area contributed by atoms with Crippen LogP contribution < -0.4 is 14.2 Å². The molecule has 0 radical (unpaired) electrons. The Morgan fingerprint density at radius 3 is 2.00 bits per heavy atom. The molecule has 0 unspecified atom stereocenters. The molecule has 0 amide bonds. The summed E-state index contributed by atoms with van der Waals surface area (Å²) in [5.41, 5.74) is 1.51. The van der Waals surface area contributed by atoms with Crippen molar-refractivity contribution in [1.29, 1.82) is 0 Å². The monoisotopic (exact) mass is 335 g/mol. The molecule has 2 aromatic rings. The predicted molar refractivity (Wildman–Crippen MR) is 90.8 cm³/mol. The van der Waals surface area contributed by atoms with Crippen LogP contribution in [-0.2, 0) is 16.4 Å². The maximum atomic E-state index is 12.5. The lowest BCUT2D eigenvalue weighted by Crippen LogP contribution is -2.13. The number of hydrogen-bond donors (Lipinski definition) is 1. The third kappa shape index (κ3) is 4.39. The topological polar surface area (TPSA) is 64.6 Å². The Morgan fingerprint density at radius 2 is 1.52 bits per heavy atom. The minimum atomic E-state index is -3.66. The molecule has 0 heterocycles. The van der Waals surface area contributed by atoms with E-state index >= 15 is 0 Å². The molecule has 0 spiro atoms. The number of aryl methyl sites for hydroxylation is 1. The first-order valence-corrected chi connectivity index (χ1v) is 8.81. The Hall–Kier alpha value is -2.21. The highest BCUT2D eigenvalue weighted by Crippen LogP contribution is 2.27. The summed E-state index contributed by atoms with van der Waals surface area (Å²) < 4.78 is 37.8. The molecule has 0 saturated carbocycles. The van der Waals surface area contributed by atoms with E-state index in [9.17, 15) is 8.42 Å². The van der Waals surface area contributed by atoms with Crippen molar-refractivity contribution in [3.8, 4) is 11.5 Å². The summed E-state index contributed by atoms with van der Waals surface area (Å²) in [6, 6.07) is 11.8. The van der Waals surface area contributed by atoms with Crippen molar-refractivity contribution in [3.05, 3.63) is 48.0 Å². The molecule has 6 heteroatoms. The lowest BCUT2D eigenvalue weighted by molar-refractivity contribution is 0.395. The molecule has 0 saturated heterocycles. The summed E-state index contributed by atoms with van der Waals surface area (Å²) in [6.07, 6.45) is 1.95. The smallest absolute Gasteiger partial charge is 0.261 e. The predicted octanol–water partition coefficient (Wildman–Crippen LogP) is 3.46. The first kappa shape index (κ1) is 17.1. The van der Waals surface area contributed by atoms with Crippen LogP contribution in [0.5, 0.6) is 11.5 Å². The second-order valence-electron chi connectivity index (χ2n) is 5.10. The maximum Gasteiger partial charge on any atom is 0.261 e. The van der Waals surface area contributed by atoms with Gasteiger partial charge in [-0.3, -0.25) is 4.72 Å². The fraction of sp³-hybridized carbons (Fsp3) is 0.294. The van der Waals surface area contributed by atoms with E-state index in [0.29, 0.717) is 17.2 Å². The fourth-order valence-corrected chi connectivity index (χ4v) is 3.24. The number of benzene rings is 2. The maximum absolute atomic E-state index is 12.5. The molecule has 0 aliphatic heterocycles. The average Bonchev–Trinajstić information content (AvgIpc) is 2.54. The molecule has 1 N–H and O–H groups in total. The number of anilines is 1. The van der Waals surface area contributed by atoms with Crippen molar-refractivity contribution >= 4 is 15.7 Å². The van der Waals surface area contributed by atoms with Crippen LogP contribution in [0.15, 0.2) is 47.4 Å². The average molecular weight is 335 g/mol. The minimum Gasteiger partial charge on any atom is -0.497 e. The van der Waals surface area contributed by atoms with E-state index in [1.807, 2.05) is 12.1 Å². The fourth-order valence-electron chi connectivity index (χ4n) is 2.20. The largest absolute Gasteiger partial charge is 0.497 e. The van der Waals surface area contributed by atoms with E-state index in [1.165, 1.54) is 14.2 Å². The summed E-state index contributed by atoms with van der Waals surface area (Å²) in [5.74, 6) is 1.03. The van der Waals surface area contributed by atoms with Gasteiger partial charge in [0.05, 0.1) is 24.8 Å². The van der Waals surface area contributed by atoms with Gasteiger partial charge in [-0.25, -0.2) is 8.42 Å². The van der Waals surface area contributed by atoms with Crippen LogP contribution in [0, 0.1) is 0 Å². The molecular weight excluding hydrogens is 314 g/mol. The number of rotatable bonds is 7. The van der Waals surface area contributed by atoms with Crippen LogP contribution in [0.2, 0.25) is 0 Å². The zero-order valence-electron chi connectivity index (χ0n) is 13.5. The Balaban J connectivity index is 2.27. The van der Waals surface area contributed by atoms with Crippen molar-refractivity contribution < 1.29 is 17.9 Å². The second kappa shape index (κ2) is 7.37. The van der Waals surface area contributed by atoms with E-state index in [4.69, 9.17) is 9.47 Å². The Bertz CT molecular complexity index is 732. The highest BCUT2D eigenvalue weighted by Gasteiger charge is 2.15. The van der Waals surface area contributed by atoms with E-state index < -0.39 is 10.0 Å². The van der Waals surface area contributed by atoms with E-state index in [1.54, 1.807) is 30.3 Å². The number of sulfonamides is 1. The Labute approximate surface area is 137 Å². The summed E-state index contributed by atoms with van der Waals surface area (Å²) in [5, 5.41) is 0. The molecule has 124 valence electrons. The van der Waals surface area contributed by atoms with E-state index in [2.05, 4.69) is 11.6 Å². The molecule has 0 aliphatic carbocycles. The van der Waals surface area contributed by atoms with E-state index in [0.717, 1.165) is 18.4 Å². The number of nitrogens with one attached hydrogen (secondary N) is 1. The first-order valence-electron chi connectivity index (χ1n) is 7.33. The third-order valence-corrected chi connectivity index (χ3v) is 4.77. The molecule has 0 aromatic heterocycles. The van der Waals surface area contributed by atoms with Crippen molar-refractivity contribution in [3.63, 3.8) is 0 Å². The molecule has 0 atom stereocenters. The SMILES string of the molecule is CCCc1ccc(S(=O)(=O)Nc2cc(OC)cc(OC)c2)cc1. The lowest BCUT2D eigenvalue weighted by Gasteiger charge is -2.11. The van der Waals surface area contributed by atoms with Gasteiger partial charge < -0.3 is 9.47 Å². The minimum absolute atomic E-state index is 0.221. The van der Waals surface area contributed by atoms with Crippen LogP contribution >= 0.6 is 0 Å². The second-order valence-corrected chi connectivity index (χ2v) is 6.78. The molecular formula is C17H21NO4S. The van der Waals surface area contributed by atoms with Crippen molar-refractivity contribution in [1.82, 2.24) is 0 Å². The number of ether oxygens (including phenoxy) is 2. The zero-order valence-corrected chi connectivity index (χ0v) is 14.3. The number of methoxy groups -OCH3 is 2. The first-order chi connectivity index (χ1) is 11.0. The molecule has 0 fully saturated rings. The van der Waals surface area contributed by atoms with Gasteiger partial charge in [-0.2, -0.15) is 0 Å². The van der Waals surface area contributed by atoms with Gasteiger partial charge in [0.2, 0.25) is 0 Å². The van der Waals surface area contributed by atoms with Gasteiger partial charge in [0.25, 0.3) is 10.0 Å². The van der Waals surface area contributed by atoms with Gasteiger partial charge in [0.15, 0.2) is 0 Å². The summed E-state index contributed by atoms with van der Waals surface area (Å²) >= 11 is 0. The van der Waals surface area contributed by atoms with Crippen LogP contribution in [-0.4, -0.2) is 22.6 Å². The Morgan fingerprint density at radius 1 is 0.957 bits per heavy atom. The van der Waals surface area contributed by atoms with Gasteiger partial charge in [-0.05, 0) is 24.1 Å². The van der Waals surface area contributed by atoms with E-state index in [-0.39, 0.29) is 4.90 Å². The van der Waals surface area contributed by atoms with Crippen LogP contribution in [0.4, 0.5) is 5.69 Å². The van der Waals surface area contributed by atoms with Crippen LogP contribution in [0.3, 0.4) is 0 Å².